The normalized spacial score (nSPS) is 24.4. The number of methoxy groups -OCH3 is 1. The quantitative estimate of drug-likeness (QED) is 0.832. The fourth-order valence-electron chi connectivity index (χ4n) is 2.42. The van der Waals surface area contributed by atoms with Gasteiger partial charge in [0, 0.05) is 25.6 Å². The minimum absolute atomic E-state index is 0.000401. The first-order chi connectivity index (χ1) is 8.32. The Labute approximate surface area is 110 Å². The second kappa shape index (κ2) is 5.89. The number of amides is 1. The molecule has 1 heterocycles. The van der Waals surface area contributed by atoms with Gasteiger partial charge < -0.3 is 20.1 Å². The molecule has 18 heavy (non-hydrogen) atoms. The van der Waals surface area contributed by atoms with Crippen molar-refractivity contribution >= 4 is 6.09 Å². The van der Waals surface area contributed by atoms with Crippen LogP contribution in [0.2, 0.25) is 0 Å². The van der Waals surface area contributed by atoms with Crippen molar-refractivity contribution in [3.05, 3.63) is 0 Å². The molecule has 1 fully saturated rings. The summed E-state index contributed by atoms with van der Waals surface area (Å²) in [5.41, 5.74) is 5.21. The molecule has 0 aliphatic carbocycles. The van der Waals surface area contributed by atoms with Crippen molar-refractivity contribution in [3.8, 4) is 0 Å². The summed E-state index contributed by atoms with van der Waals surface area (Å²) in [7, 11) is 1.69. The Kier molecular flexibility index (Phi) is 4.99. The van der Waals surface area contributed by atoms with Crippen molar-refractivity contribution in [1.82, 2.24) is 4.90 Å². The Bertz CT molecular complexity index is 280. The van der Waals surface area contributed by atoms with Crippen LogP contribution in [-0.4, -0.2) is 49.9 Å². The van der Waals surface area contributed by atoms with Crippen LogP contribution in [0.15, 0.2) is 0 Å². The Morgan fingerprint density at radius 2 is 2.11 bits per heavy atom. The number of hydrogen-bond acceptors (Lipinski definition) is 4. The lowest BCUT2D eigenvalue weighted by Gasteiger charge is -2.29. The second-order valence-corrected chi connectivity index (χ2v) is 6.12. The van der Waals surface area contributed by atoms with Crippen LogP contribution in [0.5, 0.6) is 0 Å². The van der Waals surface area contributed by atoms with E-state index in [9.17, 15) is 4.79 Å². The van der Waals surface area contributed by atoms with Crippen LogP contribution in [0.1, 0.15) is 33.6 Å². The number of rotatable bonds is 4. The van der Waals surface area contributed by atoms with Crippen LogP contribution in [0, 0.1) is 5.41 Å². The molecule has 0 radical (unpaired) electrons. The molecule has 1 aliphatic heterocycles. The van der Waals surface area contributed by atoms with Gasteiger partial charge in [-0.25, -0.2) is 4.79 Å². The predicted octanol–water partition coefficient (Wildman–Crippen LogP) is 1.61. The van der Waals surface area contributed by atoms with Gasteiger partial charge in [-0.3, -0.25) is 0 Å². The lowest BCUT2D eigenvalue weighted by molar-refractivity contribution is 0.0231. The molecule has 0 aromatic rings. The van der Waals surface area contributed by atoms with Gasteiger partial charge in [0.2, 0.25) is 0 Å². The average molecular weight is 258 g/mol. The zero-order chi connectivity index (χ0) is 13.8. The number of hydrogen-bond donors (Lipinski definition) is 1. The largest absolute Gasteiger partial charge is 0.444 e. The highest BCUT2D eigenvalue weighted by Crippen LogP contribution is 2.34. The van der Waals surface area contributed by atoms with Gasteiger partial charge in [-0.2, -0.15) is 0 Å². The number of carbonyl (C=O) groups excluding carboxylic acids is 1. The summed E-state index contributed by atoms with van der Waals surface area (Å²) in [5.74, 6) is 0. The van der Waals surface area contributed by atoms with Crippen LogP contribution in [0.25, 0.3) is 0 Å². The van der Waals surface area contributed by atoms with Gasteiger partial charge in [0.15, 0.2) is 0 Å². The van der Waals surface area contributed by atoms with E-state index in [0.29, 0.717) is 19.7 Å². The first kappa shape index (κ1) is 15.2. The maximum absolute atomic E-state index is 12.0. The monoisotopic (exact) mass is 258 g/mol. The van der Waals surface area contributed by atoms with Crippen LogP contribution in [0.3, 0.4) is 0 Å². The highest BCUT2D eigenvalue weighted by atomic mass is 16.6. The van der Waals surface area contributed by atoms with Crippen LogP contribution in [-0.2, 0) is 9.47 Å². The number of nitrogens with zero attached hydrogens (tertiary/aromatic N) is 1. The van der Waals surface area contributed by atoms with E-state index in [2.05, 4.69) is 0 Å². The predicted molar refractivity (Wildman–Crippen MR) is 70.4 cm³/mol. The minimum atomic E-state index is -0.447. The molecular weight excluding hydrogens is 232 g/mol. The lowest BCUT2D eigenvalue weighted by atomic mass is 9.84. The summed E-state index contributed by atoms with van der Waals surface area (Å²) >= 11 is 0. The standard InChI is InChI=1S/C13H26N2O3/c1-12(2,3)18-11(16)15-8-6-13(9-15,5-7-14)10-17-4/h5-10,14H2,1-4H3. The molecule has 2 N–H and O–H groups in total. The molecule has 5 heteroatoms. The fraction of sp³-hybridized carbons (Fsp3) is 0.923. The van der Waals surface area contributed by atoms with Crippen molar-refractivity contribution in [2.45, 2.75) is 39.2 Å². The molecule has 1 amide bonds. The molecule has 0 spiro atoms. The summed E-state index contributed by atoms with van der Waals surface area (Å²) in [6.07, 6.45) is 1.56. The summed E-state index contributed by atoms with van der Waals surface area (Å²) in [5, 5.41) is 0. The topological polar surface area (TPSA) is 64.8 Å². The van der Waals surface area contributed by atoms with Gasteiger partial charge in [-0.05, 0) is 40.2 Å². The third-order valence-electron chi connectivity index (χ3n) is 3.22. The zero-order valence-corrected chi connectivity index (χ0v) is 12.0. The van der Waals surface area contributed by atoms with E-state index in [1.54, 1.807) is 12.0 Å². The van der Waals surface area contributed by atoms with Crippen molar-refractivity contribution < 1.29 is 14.3 Å². The molecule has 1 atom stereocenters. The molecule has 0 saturated carbocycles. The molecule has 0 aromatic heterocycles. The molecule has 106 valence electrons. The summed E-state index contributed by atoms with van der Waals surface area (Å²) in [6.45, 7) is 8.29. The van der Waals surface area contributed by atoms with E-state index in [4.69, 9.17) is 15.2 Å². The molecule has 1 saturated heterocycles. The third kappa shape index (κ3) is 4.14. The van der Waals surface area contributed by atoms with Crippen molar-refractivity contribution in [1.29, 1.82) is 0 Å². The number of likely N-dealkylation sites (tertiary alicyclic amines) is 1. The Morgan fingerprint density at radius 3 is 2.61 bits per heavy atom. The highest BCUT2D eigenvalue weighted by molar-refractivity contribution is 5.68. The Hall–Kier alpha value is -0.810. The molecule has 1 unspecified atom stereocenters. The smallest absolute Gasteiger partial charge is 0.410 e. The molecule has 0 aromatic carbocycles. The summed E-state index contributed by atoms with van der Waals surface area (Å²) in [6, 6.07) is 0. The van der Waals surface area contributed by atoms with E-state index in [1.165, 1.54) is 0 Å². The lowest BCUT2D eigenvalue weighted by Crippen LogP contribution is -2.38. The van der Waals surface area contributed by atoms with E-state index >= 15 is 0 Å². The minimum Gasteiger partial charge on any atom is -0.444 e. The number of ether oxygens (including phenoxy) is 2. The third-order valence-corrected chi connectivity index (χ3v) is 3.22. The van der Waals surface area contributed by atoms with E-state index in [0.717, 1.165) is 19.4 Å². The van der Waals surface area contributed by atoms with Gasteiger partial charge in [-0.15, -0.1) is 0 Å². The molecule has 1 rings (SSSR count). The van der Waals surface area contributed by atoms with Crippen LogP contribution >= 0.6 is 0 Å². The van der Waals surface area contributed by atoms with Gasteiger partial charge in [-0.1, -0.05) is 0 Å². The zero-order valence-electron chi connectivity index (χ0n) is 12.0. The van der Waals surface area contributed by atoms with Crippen molar-refractivity contribution in [3.63, 3.8) is 0 Å². The maximum atomic E-state index is 12.0. The van der Waals surface area contributed by atoms with Gasteiger partial charge in [0.25, 0.3) is 0 Å². The average Bonchev–Trinajstić information content (AvgIpc) is 2.61. The van der Waals surface area contributed by atoms with E-state index in [1.807, 2.05) is 20.8 Å². The molecule has 0 bridgehead atoms. The highest BCUT2D eigenvalue weighted by Gasteiger charge is 2.40. The fourth-order valence-corrected chi connectivity index (χ4v) is 2.42. The van der Waals surface area contributed by atoms with E-state index < -0.39 is 5.60 Å². The van der Waals surface area contributed by atoms with Crippen molar-refractivity contribution in [2.24, 2.45) is 11.1 Å². The molecule has 5 nitrogen and oxygen atoms in total. The SMILES string of the molecule is COCC1(CCN)CCN(C(=O)OC(C)(C)C)C1. The Morgan fingerprint density at radius 1 is 1.44 bits per heavy atom. The van der Waals surface area contributed by atoms with E-state index in [-0.39, 0.29) is 11.5 Å². The first-order valence-corrected chi connectivity index (χ1v) is 6.49. The summed E-state index contributed by atoms with van der Waals surface area (Å²) < 4.78 is 10.7. The first-order valence-electron chi connectivity index (χ1n) is 6.49. The maximum Gasteiger partial charge on any atom is 0.410 e. The molecular formula is C13H26N2O3. The van der Waals surface area contributed by atoms with Crippen LogP contribution < -0.4 is 5.73 Å². The number of nitrogens with two attached hydrogens (primary N) is 1. The van der Waals surface area contributed by atoms with Crippen molar-refractivity contribution in [2.75, 3.05) is 33.4 Å². The second-order valence-electron chi connectivity index (χ2n) is 6.12. The van der Waals surface area contributed by atoms with Gasteiger partial charge in [0.05, 0.1) is 6.61 Å². The van der Waals surface area contributed by atoms with Crippen LogP contribution in [0.4, 0.5) is 4.79 Å². The summed E-state index contributed by atoms with van der Waals surface area (Å²) in [4.78, 5) is 13.8. The number of carbonyl (C=O) groups is 1. The van der Waals surface area contributed by atoms with Gasteiger partial charge in [0.1, 0.15) is 5.60 Å². The van der Waals surface area contributed by atoms with Gasteiger partial charge >= 0.3 is 6.09 Å². The Balaban J connectivity index is 2.60. The molecule has 1 aliphatic rings.